The highest BCUT2D eigenvalue weighted by Crippen LogP contribution is 2.20. The minimum absolute atomic E-state index is 0.0411. The monoisotopic (exact) mass is 370 g/mol. The molecule has 0 spiro atoms. The first-order valence-electron chi connectivity index (χ1n) is 6.89. The molecule has 2 aromatic carbocycles. The van der Waals surface area contributed by atoms with Crippen molar-refractivity contribution in [2.24, 2.45) is 0 Å². The number of amides is 2. The van der Waals surface area contributed by atoms with Crippen LogP contribution >= 0.6 is 23.2 Å². The third kappa shape index (κ3) is 5.11. The van der Waals surface area contributed by atoms with Crippen molar-refractivity contribution in [3.8, 4) is 5.75 Å². The normalized spacial score (nSPS) is 10.1. The fourth-order valence-electron chi connectivity index (χ4n) is 1.74. The third-order valence-corrected chi connectivity index (χ3v) is 3.48. The second-order valence-electron chi connectivity index (χ2n) is 4.66. The van der Waals surface area contributed by atoms with Gasteiger partial charge >= 0.3 is 0 Å². The summed E-state index contributed by atoms with van der Waals surface area (Å²) in [7, 11) is 0. The average Bonchev–Trinajstić information content (AvgIpc) is 2.56. The number of hydrazine groups is 1. The number of halogens is 3. The predicted octanol–water partition coefficient (Wildman–Crippen LogP) is 3.36. The van der Waals surface area contributed by atoms with Gasteiger partial charge in [-0.05, 0) is 30.3 Å². The van der Waals surface area contributed by atoms with Gasteiger partial charge in [-0.2, -0.15) is 0 Å². The summed E-state index contributed by atoms with van der Waals surface area (Å²) in [6, 6.07) is 10.3. The van der Waals surface area contributed by atoms with E-state index in [9.17, 15) is 14.0 Å². The van der Waals surface area contributed by atoms with Crippen molar-refractivity contribution in [2.45, 2.75) is 6.42 Å². The summed E-state index contributed by atoms with van der Waals surface area (Å²) in [5, 5.41) is 0.545. The number of ether oxygens (including phenoxy) is 1. The van der Waals surface area contributed by atoms with Crippen molar-refractivity contribution in [3.63, 3.8) is 0 Å². The van der Waals surface area contributed by atoms with Gasteiger partial charge in [-0.3, -0.25) is 20.4 Å². The van der Waals surface area contributed by atoms with Crippen LogP contribution in [0.15, 0.2) is 42.5 Å². The van der Waals surface area contributed by atoms with E-state index in [0.29, 0.717) is 5.02 Å². The van der Waals surface area contributed by atoms with Gasteiger partial charge in [0.25, 0.3) is 5.91 Å². The number of hydrogen-bond donors (Lipinski definition) is 2. The van der Waals surface area contributed by atoms with Crippen LogP contribution in [0.2, 0.25) is 10.0 Å². The zero-order valence-electron chi connectivity index (χ0n) is 12.3. The second kappa shape index (κ2) is 8.52. The summed E-state index contributed by atoms with van der Waals surface area (Å²) >= 11 is 11.7. The minimum atomic E-state index is -0.606. The van der Waals surface area contributed by atoms with E-state index in [-0.39, 0.29) is 29.4 Å². The van der Waals surface area contributed by atoms with Crippen molar-refractivity contribution in [2.75, 3.05) is 6.61 Å². The van der Waals surface area contributed by atoms with Gasteiger partial charge in [0.2, 0.25) is 5.91 Å². The maximum absolute atomic E-state index is 13.3. The third-order valence-electron chi connectivity index (χ3n) is 2.91. The second-order valence-corrected chi connectivity index (χ2v) is 5.50. The number of hydrogen-bond acceptors (Lipinski definition) is 3. The molecule has 0 aliphatic carbocycles. The number of carbonyl (C=O) groups is 2. The van der Waals surface area contributed by atoms with Crippen LogP contribution in [0.25, 0.3) is 0 Å². The smallest absolute Gasteiger partial charge is 0.271 e. The van der Waals surface area contributed by atoms with E-state index in [1.54, 1.807) is 12.1 Å². The lowest BCUT2D eigenvalue weighted by molar-refractivity contribution is -0.122. The van der Waals surface area contributed by atoms with Crippen molar-refractivity contribution < 1.29 is 18.7 Å². The van der Waals surface area contributed by atoms with E-state index in [0.717, 1.165) is 0 Å². The molecule has 0 aliphatic heterocycles. The van der Waals surface area contributed by atoms with E-state index in [1.807, 2.05) is 0 Å². The molecule has 0 radical (unpaired) electrons. The maximum Gasteiger partial charge on any atom is 0.271 e. The van der Waals surface area contributed by atoms with E-state index in [1.165, 1.54) is 30.3 Å². The van der Waals surface area contributed by atoms with Crippen molar-refractivity contribution in [1.29, 1.82) is 0 Å². The quantitative estimate of drug-likeness (QED) is 0.792. The van der Waals surface area contributed by atoms with Crippen LogP contribution in [0, 0.1) is 5.82 Å². The molecule has 126 valence electrons. The Bertz CT molecular complexity index is 756. The van der Waals surface area contributed by atoms with Crippen molar-refractivity contribution in [1.82, 2.24) is 10.9 Å². The van der Waals surface area contributed by atoms with Crippen molar-refractivity contribution >= 4 is 35.0 Å². The topological polar surface area (TPSA) is 67.4 Å². The Labute approximate surface area is 147 Å². The summed E-state index contributed by atoms with van der Waals surface area (Å²) < 4.78 is 18.5. The Kier molecular flexibility index (Phi) is 6.40. The molecule has 24 heavy (non-hydrogen) atoms. The molecule has 0 saturated heterocycles. The SMILES string of the molecule is O=C(CCOc1ccccc1F)NNC(=O)c1cc(Cl)ccc1Cl. The van der Waals surface area contributed by atoms with Gasteiger partial charge in [-0.15, -0.1) is 0 Å². The molecule has 0 heterocycles. The van der Waals surface area contributed by atoms with Gasteiger partial charge < -0.3 is 4.74 Å². The molecule has 0 aromatic heterocycles. The molecular weight excluding hydrogens is 358 g/mol. The van der Waals surface area contributed by atoms with E-state index >= 15 is 0 Å². The Morgan fingerprint density at radius 2 is 1.83 bits per heavy atom. The van der Waals surface area contributed by atoms with Crippen LogP contribution in [0.1, 0.15) is 16.8 Å². The molecule has 8 heteroatoms. The summed E-state index contributed by atoms with van der Waals surface area (Å²) in [5.41, 5.74) is 4.56. The molecule has 0 unspecified atom stereocenters. The number of carbonyl (C=O) groups excluding carboxylic acids is 2. The summed E-state index contributed by atoms with van der Waals surface area (Å²) in [4.78, 5) is 23.6. The Balaban J connectivity index is 1.78. The standard InChI is InChI=1S/C16H13Cl2FN2O3/c17-10-5-6-12(18)11(9-10)16(23)21-20-15(22)7-8-24-14-4-2-1-3-13(14)19/h1-6,9H,7-8H2,(H,20,22)(H,21,23). The number of para-hydroxylation sites is 1. The largest absolute Gasteiger partial charge is 0.490 e. The maximum atomic E-state index is 13.3. The highest BCUT2D eigenvalue weighted by Gasteiger charge is 2.12. The first-order valence-corrected chi connectivity index (χ1v) is 7.64. The molecule has 0 atom stereocenters. The molecular formula is C16H13Cl2FN2O3. The molecule has 2 N–H and O–H groups in total. The molecule has 2 rings (SSSR count). The average molecular weight is 371 g/mol. The Morgan fingerprint density at radius 1 is 1.08 bits per heavy atom. The lowest BCUT2D eigenvalue weighted by Gasteiger charge is -2.10. The lowest BCUT2D eigenvalue weighted by atomic mass is 10.2. The van der Waals surface area contributed by atoms with Gasteiger partial charge in [0.15, 0.2) is 11.6 Å². The molecule has 0 fully saturated rings. The molecule has 2 amide bonds. The summed E-state index contributed by atoms with van der Waals surface area (Å²) in [6.07, 6.45) is -0.0715. The van der Waals surface area contributed by atoms with Crippen LogP contribution in [0.5, 0.6) is 5.75 Å². The van der Waals surface area contributed by atoms with Gasteiger partial charge in [-0.25, -0.2) is 4.39 Å². The number of nitrogens with one attached hydrogen (secondary N) is 2. The highest BCUT2D eigenvalue weighted by atomic mass is 35.5. The molecule has 0 bridgehead atoms. The van der Waals surface area contributed by atoms with Gasteiger partial charge in [0.05, 0.1) is 23.6 Å². The van der Waals surface area contributed by atoms with Crippen LogP contribution < -0.4 is 15.6 Å². The first kappa shape index (κ1) is 18.0. The van der Waals surface area contributed by atoms with Crippen molar-refractivity contribution in [3.05, 3.63) is 63.9 Å². The molecule has 2 aromatic rings. The summed E-state index contributed by atoms with van der Waals surface area (Å²) in [6.45, 7) is -0.0411. The molecule has 0 saturated carbocycles. The van der Waals surface area contributed by atoms with Crippen LogP contribution in [-0.2, 0) is 4.79 Å². The highest BCUT2D eigenvalue weighted by molar-refractivity contribution is 6.35. The predicted molar refractivity (Wildman–Crippen MR) is 88.6 cm³/mol. The Hall–Kier alpha value is -2.31. The number of benzene rings is 2. The van der Waals surface area contributed by atoms with E-state index < -0.39 is 17.6 Å². The van der Waals surface area contributed by atoms with Gasteiger partial charge in [0, 0.05) is 5.02 Å². The Morgan fingerprint density at radius 3 is 2.58 bits per heavy atom. The van der Waals surface area contributed by atoms with E-state index in [4.69, 9.17) is 27.9 Å². The van der Waals surface area contributed by atoms with Gasteiger partial charge in [0.1, 0.15) is 0 Å². The van der Waals surface area contributed by atoms with Crippen LogP contribution in [-0.4, -0.2) is 18.4 Å². The fraction of sp³-hybridized carbons (Fsp3) is 0.125. The van der Waals surface area contributed by atoms with Crippen LogP contribution in [0.4, 0.5) is 4.39 Å². The first-order chi connectivity index (χ1) is 11.5. The number of rotatable bonds is 5. The lowest BCUT2D eigenvalue weighted by Crippen LogP contribution is -2.42. The fourth-order valence-corrected chi connectivity index (χ4v) is 2.12. The van der Waals surface area contributed by atoms with E-state index in [2.05, 4.69) is 10.9 Å². The van der Waals surface area contributed by atoms with Gasteiger partial charge in [-0.1, -0.05) is 35.3 Å². The minimum Gasteiger partial charge on any atom is -0.490 e. The molecule has 5 nitrogen and oxygen atoms in total. The zero-order chi connectivity index (χ0) is 17.5. The van der Waals surface area contributed by atoms with Crippen LogP contribution in [0.3, 0.4) is 0 Å². The summed E-state index contributed by atoms with van der Waals surface area (Å²) in [5.74, 6) is -1.56. The molecule has 0 aliphatic rings. The zero-order valence-corrected chi connectivity index (χ0v) is 13.8.